The van der Waals surface area contributed by atoms with Crippen LogP contribution >= 0.6 is 0 Å². The molecule has 5 nitrogen and oxygen atoms in total. The highest BCUT2D eigenvalue weighted by Gasteiger charge is 2.14. The normalized spacial score (nSPS) is 15.0. The highest BCUT2D eigenvalue weighted by Crippen LogP contribution is 2.29. The van der Waals surface area contributed by atoms with Crippen LogP contribution in [-0.4, -0.2) is 28.9 Å². The van der Waals surface area contributed by atoms with Crippen LogP contribution in [0.5, 0.6) is 11.5 Å². The molecule has 0 radical (unpaired) electrons. The number of benzene rings is 2. The lowest BCUT2D eigenvalue weighted by molar-refractivity contribution is 0.208. The Morgan fingerprint density at radius 1 is 0.941 bits per heavy atom. The highest BCUT2D eigenvalue weighted by molar-refractivity contribution is 5.83. The predicted octanol–water partition coefficient (Wildman–Crippen LogP) is 7.20. The van der Waals surface area contributed by atoms with Gasteiger partial charge in [0.05, 0.1) is 25.1 Å². The van der Waals surface area contributed by atoms with E-state index in [9.17, 15) is 0 Å². The summed E-state index contributed by atoms with van der Waals surface area (Å²) in [7, 11) is 1.69. The molecule has 1 fully saturated rings. The van der Waals surface area contributed by atoms with Gasteiger partial charge in [-0.3, -0.25) is 5.10 Å². The van der Waals surface area contributed by atoms with Crippen molar-refractivity contribution >= 4 is 35.2 Å². The van der Waals surface area contributed by atoms with Gasteiger partial charge < -0.3 is 14.5 Å². The monoisotopic (exact) mass is 453 g/mol. The lowest BCUT2D eigenvalue weighted by Gasteiger charge is -2.21. The molecule has 2 N–H and O–H groups in total. The van der Waals surface area contributed by atoms with Crippen LogP contribution < -0.4 is 9.47 Å². The molecular formula is C29H31N3O2. The van der Waals surface area contributed by atoms with Crippen molar-refractivity contribution in [2.24, 2.45) is 5.92 Å². The fourth-order valence-corrected chi connectivity index (χ4v) is 4.54. The van der Waals surface area contributed by atoms with E-state index >= 15 is 0 Å². The molecular weight excluding hydrogens is 422 g/mol. The zero-order chi connectivity index (χ0) is 23.2. The first-order valence-corrected chi connectivity index (χ1v) is 12.1. The molecule has 0 unspecified atom stereocenters. The lowest BCUT2D eigenvalue weighted by Crippen LogP contribution is -2.15. The smallest absolute Gasteiger partial charge is 0.129 e. The van der Waals surface area contributed by atoms with Crippen molar-refractivity contribution in [3.63, 3.8) is 0 Å². The molecule has 2 aromatic carbocycles. The Bertz CT molecular complexity index is 1290. The Labute approximate surface area is 200 Å². The largest absolute Gasteiger partial charge is 0.496 e. The summed E-state index contributed by atoms with van der Waals surface area (Å²) in [6.07, 6.45) is 16.7. The van der Waals surface area contributed by atoms with Gasteiger partial charge in [-0.1, -0.05) is 37.5 Å². The number of aromatic nitrogens is 3. The van der Waals surface area contributed by atoms with Crippen LogP contribution in [0.25, 0.3) is 35.2 Å². The number of ether oxygens (including phenoxy) is 2. The number of H-pyrrole nitrogens is 2. The molecule has 174 valence electrons. The van der Waals surface area contributed by atoms with Gasteiger partial charge in [0, 0.05) is 23.3 Å². The number of methoxy groups -OCH3 is 1. The minimum absolute atomic E-state index is 0.679. The second-order valence-electron chi connectivity index (χ2n) is 8.96. The zero-order valence-corrected chi connectivity index (χ0v) is 19.6. The van der Waals surface area contributed by atoms with Crippen LogP contribution in [0, 0.1) is 5.92 Å². The molecule has 0 amide bonds. The Balaban J connectivity index is 1.22. The number of hydrogen-bond acceptors (Lipinski definition) is 3. The maximum atomic E-state index is 6.06. The Morgan fingerprint density at radius 2 is 1.85 bits per heavy atom. The molecule has 1 aliphatic rings. The van der Waals surface area contributed by atoms with E-state index in [1.54, 1.807) is 7.11 Å². The van der Waals surface area contributed by atoms with Gasteiger partial charge >= 0.3 is 0 Å². The van der Waals surface area contributed by atoms with Gasteiger partial charge in [0.1, 0.15) is 11.5 Å². The third kappa shape index (κ3) is 5.42. The second-order valence-corrected chi connectivity index (χ2v) is 8.96. The van der Waals surface area contributed by atoms with Crippen LogP contribution in [0.15, 0.2) is 54.7 Å². The summed E-state index contributed by atoms with van der Waals surface area (Å²) < 4.78 is 11.7. The summed E-state index contributed by atoms with van der Waals surface area (Å²) in [5.74, 6) is 2.34. The molecule has 0 spiro atoms. The fraction of sp³-hybridized carbons (Fsp3) is 0.276. The molecule has 0 aliphatic heterocycles. The van der Waals surface area contributed by atoms with E-state index in [0.717, 1.165) is 46.1 Å². The van der Waals surface area contributed by atoms with Crippen LogP contribution in [0.3, 0.4) is 0 Å². The van der Waals surface area contributed by atoms with Gasteiger partial charge in [0.25, 0.3) is 0 Å². The van der Waals surface area contributed by atoms with Crippen molar-refractivity contribution in [2.45, 2.75) is 32.1 Å². The topological polar surface area (TPSA) is 62.9 Å². The molecule has 1 saturated carbocycles. The maximum Gasteiger partial charge on any atom is 0.129 e. The van der Waals surface area contributed by atoms with Gasteiger partial charge in [0.2, 0.25) is 0 Å². The SMILES string of the molecule is COc1cc(OCC2CCCCC2)ccc1C=Cc1cc(C=Cc2ccc3cc[nH]c3c2)[nH]n1. The summed E-state index contributed by atoms with van der Waals surface area (Å²) in [6.45, 7) is 0.792. The quantitative estimate of drug-likeness (QED) is 0.296. The van der Waals surface area contributed by atoms with Crippen LogP contribution in [0.4, 0.5) is 0 Å². The van der Waals surface area contributed by atoms with Gasteiger partial charge in [0.15, 0.2) is 0 Å². The molecule has 2 aromatic heterocycles. The van der Waals surface area contributed by atoms with Gasteiger partial charge in [-0.2, -0.15) is 5.10 Å². The number of nitrogens with zero attached hydrogens (tertiary/aromatic N) is 1. The van der Waals surface area contributed by atoms with Crippen molar-refractivity contribution in [1.82, 2.24) is 15.2 Å². The summed E-state index contributed by atoms with van der Waals surface area (Å²) in [5.41, 5.74) is 5.07. The van der Waals surface area contributed by atoms with E-state index in [0.29, 0.717) is 5.92 Å². The Hall–Kier alpha value is -3.73. The molecule has 1 aliphatic carbocycles. The lowest BCUT2D eigenvalue weighted by atomic mass is 9.90. The van der Waals surface area contributed by atoms with Crippen LogP contribution in [0.1, 0.15) is 54.6 Å². The molecule has 5 heteroatoms. The average molecular weight is 454 g/mol. The summed E-state index contributed by atoms with van der Waals surface area (Å²) in [6, 6.07) is 16.5. The van der Waals surface area contributed by atoms with Gasteiger partial charge in [-0.05, 0) is 78.3 Å². The highest BCUT2D eigenvalue weighted by atomic mass is 16.5. The predicted molar refractivity (Wildman–Crippen MR) is 140 cm³/mol. The third-order valence-corrected chi connectivity index (χ3v) is 6.50. The van der Waals surface area contributed by atoms with Gasteiger partial charge in [-0.25, -0.2) is 0 Å². The van der Waals surface area contributed by atoms with Crippen LogP contribution in [-0.2, 0) is 0 Å². The molecule has 2 heterocycles. The molecule has 0 atom stereocenters. The third-order valence-electron chi connectivity index (χ3n) is 6.50. The molecule has 0 saturated heterocycles. The average Bonchev–Trinajstić information content (AvgIpc) is 3.55. The zero-order valence-electron chi connectivity index (χ0n) is 19.6. The van der Waals surface area contributed by atoms with Crippen LogP contribution in [0.2, 0.25) is 0 Å². The summed E-state index contributed by atoms with van der Waals surface area (Å²) in [4.78, 5) is 3.25. The Kier molecular flexibility index (Phi) is 6.80. The number of fused-ring (bicyclic) bond motifs is 1. The van der Waals surface area contributed by atoms with E-state index in [1.807, 2.05) is 48.7 Å². The molecule has 34 heavy (non-hydrogen) atoms. The molecule has 0 bridgehead atoms. The number of aromatic amines is 2. The van der Waals surface area contributed by atoms with Gasteiger partial charge in [-0.15, -0.1) is 0 Å². The van der Waals surface area contributed by atoms with E-state index in [2.05, 4.69) is 45.5 Å². The summed E-state index contributed by atoms with van der Waals surface area (Å²) >= 11 is 0. The van der Waals surface area contributed by atoms with Crippen molar-refractivity contribution < 1.29 is 9.47 Å². The standard InChI is InChI=1S/C29H31N3O2/c1-33-29-19-27(34-20-22-5-3-2-4-6-22)14-11-24(29)10-13-26-18-25(31-32-26)12-8-21-7-9-23-15-16-30-28(23)17-21/h7-19,22,30H,2-6,20H2,1H3,(H,31,32). The molecule has 4 aromatic rings. The second kappa shape index (κ2) is 10.5. The Morgan fingerprint density at radius 3 is 2.74 bits per heavy atom. The van der Waals surface area contributed by atoms with E-state index in [-0.39, 0.29) is 0 Å². The fourth-order valence-electron chi connectivity index (χ4n) is 4.54. The van der Waals surface area contributed by atoms with Crippen molar-refractivity contribution in [2.75, 3.05) is 13.7 Å². The van der Waals surface area contributed by atoms with E-state index in [1.165, 1.54) is 37.5 Å². The minimum Gasteiger partial charge on any atom is -0.496 e. The first kappa shape index (κ1) is 22.1. The van der Waals surface area contributed by atoms with E-state index < -0.39 is 0 Å². The molecule has 5 rings (SSSR count). The van der Waals surface area contributed by atoms with E-state index in [4.69, 9.17) is 9.47 Å². The van der Waals surface area contributed by atoms with Crippen molar-refractivity contribution in [3.8, 4) is 11.5 Å². The number of rotatable bonds is 8. The first-order valence-electron chi connectivity index (χ1n) is 12.1. The number of nitrogens with one attached hydrogen (secondary N) is 2. The number of hydrogen-bond donors (Lipinski definition) is 2. The maximum absolute atomic E-state index is 6.06. The summed E-state index contributed by atoms with van der Waals surface area (Å²) in [5, 5.41) is 8.70. The van der Waals surface area contributed by atoms with Crippen molar-refractivity contribution in [1.29, 1.82) is 0 Å². The first-order chi connectivity index (χ1) is 16.8. The minimum atomic E-state index is 0.679. The van der Waals surface area contributed by atoms with Crippen molar-refractivity contribution in [3.05, 3.63) is 77.2 Å².